The predicted molar refractivity (Wildman–Crippen MR) is 77.0 cm³/mol. The Balaban J connectivity index is 2.20. The average Bonchev–Trinajstić information content (AvgIpc) is 2.46. The third-order valence-corrected chi connectivity index (χ3v) is 4.32. The lowest BCUT2D eigenvalue weighted by Gasteiger charge is -2.38. The summed E-state index contributed by atoms with van der Waals surface area (Å²) in [5.41, 5.74) is 1.74. The van der Waals surface area contributed by atoms with Crippen LogP contribution in [-0.4, -0.2) is 41.9 Å². The van der Waals surface area contributed by atoms with Gasteiger partial charge in [-0.1, -0.05) is 13.0 Å². The number of fused-ring (bicyclic) bond motifs is 1. The van der Waals surface area contributed by atoms with Crippen molar-refractivity contribution in [1.29, 1.82) is 0 Å². The van der Waals surface area contributed by atoms with Crippen LogP contribution in [-0.2, 0) is 6.42 Å². The molecule has 1 aliphatic carbocycles. The van der Waals surface area contributed by atoms with Crippen LogP contribution in [0.2, 0.25) is 0 Å². The standard InChI is InChI=1S/C16H24FNO2/c1-16(10-19,11-20)9-18(2)15-5-3-4-12-6-7-13(17)8-14(12)15/h6-8,15,19-20H,3-5,9-11H2,1-2H3. The molecule has 1 atom stereocenters. The van der Waals surface area contributed by atoms with E-state index in [0.717, 1.165) is 24.8 Å². The van der Waals surface area contributed by atoms with Gasteiger partial charge in [0.15, 0.2) is 0 Å². The number of halogens is 1. The topological polar surface area (TPSA) is 43.7 Å². The van der Waals surface area contributed by atoms with E-state index in [1.165, 1.54) is 11.6 Å². The number of aryl methyl sites for hydroxylation is 1. The van der Waals surface area contributed by atoms with E-state index in [4.69, 9.17) is 0 Å². The highest BCUT2D eigenvalue weighted by atomic mass is 19.1. The minimum Gasteiger partial charge on any atom is -0.396 e. The number of aliphatic hydroxyl groups excluding tert-OH is 2. The maximum atomic E-state index is 13.5. The van der Waals surface area contributed by atoms with Crippen LogP contribution in [0.5, 0.6) is 0 Å². The fraction of sp³-hybridized carbons (Fsp3) is 0.625. The molecule has 112 valence electrons. The van der Waals surface area contributed by atoms with Gasteiger partial charge in [-0.15, -0.1) is 0 Å². The van der Waals surface area contributed by atoms with Crippen molar-refractivity contribution in [2.45, 2.75) is 32.2 Å². The monoisotopic (exact) mass is 281 g/mol. The van der Waals surface area contributed by atoms with Gasteiger partial charge in [0.05, 0.1) is 13.2 Å². The molecule has 0 heterocycles. The zero-order valence-electron chi connectivity index (χ0n) is 12.3. The van der Waals surface area contributed by atoms with Gasteiger partial charge >= 0.3 is 0 Å². The molecule has 1 unspecified atom stereocenters. The van der Waals surface area contributed by atoms with Crippen LogP contribution in [0.4, 0.5) is 4.39 Å². The Morgan fingerprint density at radius 2 is 2.05 bits per heavy atom. The lowest BCUT2D eigenvalue weighted by molar-refractivity contribution is 0.0282. The van der Waals surface area contributed by atoms with Crippen molar-refractivity contribution in [3.63, 3.8) is 0 Å². The van der Waals surface area contributed by atoms with E-state index in [9.17, 15) is 14.6 Å². The summed E-state index contributed by atoms with van der Waals surface area (Å²) in [6.45, 7) is 2.33. The highest BCUT2D eigenvalue weighted by Crippen LogP contribution is 2.35. The molecular formula is C16H24FNO2. The van der Waals surface area contributed by atoms with Crippen molar-refractivity contribution in [3.8, 4) is 0 Å². The maximum Gasteiger partial charge on any atom is 0.123 e. The molecule has 0 spiro atoms. The molecule has 0 radical (unpaired) electrons. The van der Waals surface area contributed by atoms with Gasteiger partial charge in [0.2, 0.25) is 0 Å². The highest BCUT2D eigenvalue weighted by Gasteiger charge is 2.30. The average molecular weight is 281 g/mol. The summed E-state index contributed by atoms with van der Waals surface area (Å²) in [4.78, 5) is 2.13. The fourth-order valence-electron chi connectivity index (χ4n) is 3.07. The smallest absolute Gasteiger partial charge is 0.123 e. The van der Waals surface area contributed by atoms with Gasteiger partial charge in [-0.2, -0.15) is 0 Å². The Morgan fingerprint density at radius 1 is 1.35 bits per heavy atom. The molecular weight excluding hydrogens is 257 g/mol. The Bertz CT molecular complexity index is 460. The fourth-order valence-corrected chi connectivity index (χ4v) is 3.07. The first-order chi connectivity index (χ1) is 9.49. The second-order valence-corrected chi connectivity index (χ2v) is 6.29. The van der Waals surface area contributed by atoms with E-state index in [0.29, 0.717) is 6.54 Å². The quantitative estimate of drug-likeness (QED) is 0.869. The van der Waals surface area contributed by atoms with Gasteiger partial charge in [0.1, 0.15) is 5.82 Å². The Morgan fingerprint density at radius 3 is 2.70 bits per heavy atom. The van der Waals surface area contributed by atoms with E-state index < -0.39 is 5.41 Å². The van der Waals surface area contributed by atoms with Crippen molar-refractivity contribution in [2.24, 2.45) is 5.41 Å². The van der Waals surface area contributed by atoms with Crippen molar-refractivity contribution >= 4 is 0 Å². The summed E-state index contributed by atoms with van der Waals surface area (Å²) in [7, 11) is 1.98. The van der Waals surface area contributed by atoms with Gasteiger partial charge in [0.25, 0.3) is 0 Å². The molecule has 3 nitrogen and oxygen atoms in total. The number of benzene rings is 1. The van der Waals surface area contributed by atoms with Crippen LogP contribution >= 0.6 is 0 Å². The summed E-state index contributed by atoms with van der Waals surface area (Å²) < 4.78 is 13.5. The number of aliphatic hydroxyl groups is 2. The first-order valence-electron chi connectivity index (χ1n) is 7.19. The van der Waals surface area contributed by atoms with Gasteiger partial charge < -0.3 is 10.2 Å². The minimum atomic E-state index is -0.528. The molecule has 2 N–H and O–H groups in total. The summed E-state index contributed by atoms with van der Waals surface area (Å²) in [6.07, 6.45) is 3.07. The molecule has 1 aromatic carbocycles. The first kappa shape index (κ1) is 15.4. The number of hydrogen-bond donors (Lipinski definition) is 2. The molecule has 1 aliphatic rings. The van der Waals surface area contributed by atoms with Crippen LogP contribution in [0, 0.1) is 11.2 Å². The van der Waals surface area contributed by atoms with E-state index in [-0.39, 0.29) is 25.1 Å². The normalized spacial score (nSPS) is 19.2. The number of rotatable bonds is 5. The summed E-state index contributed by atoms with van der Waals surface area (Å²) >= 11 is 0. The third kappa shape index (κ3) is 3.19. The zero-order valence-corrected chi connectivity index (χ0v) is 12.3. The van der Waals surface area contributed by atoms with Crippen molar-refractivity contribution < 1.29 is 14.6 Å². The highest BCUT2D eigenvalue weighted by molar-refractivity contribution is 5.33. The first-order valence-corrected chi connectivity index (χ1v) is 7.19. The van der Waals surface area contributed by atoms with Gasteiger partial charge in [0, 0.05) is 18.0 Å². The van der Waals surface area contributed by atoms with Crippen molar-refractivity contribution in [2.75, 3.05) is 26.8 Å². The molecule has 1 aromatic rings. The summed E-state index contributed by atoms with van der Waals surface area (Å²) in [5.74, 6) is -0.198. The molecule has 20 heavy (non-hydrogen) atoms. The van der Waals surface area contributed by atoms with Gasteiger partial charge in [-0.3, -0.25) is 4.90 Å². The largest absolute Gasteiger partial charge is 0.396 e. The van der Waals surface area contributed by atoms with Crippen LogP contribution in [0.1, 0.15) is 36.9 Å². The number of hydrogen-bond acceptors (Lipinski definition) is 3. The third-order valence-electron chi connectivity index (χ3n) is 4.32. The summed E-state index contributed by atoms with van der Waals surface area (Å²) in [6, 6.07) is 5.19. The maximum absolute atomic E-state index is 13.5. The lowest BCUT2D eigenvalue weighted by atomic mass is 9.85. The Labute approximate surface area is 120 Å². The minimum absolute atomic E-state index is 0.0590. The van der Waals surface area contributed by atoms with Crippen LogP contribution in [0.3, 0.4) is 0 Å². The molecule has 0 saturated heterocycles. The van der Waals surface area contributed by atoms with Crippen LogP contribution < -0.4 is 0 Å². The van der Waals surface area contributed by atoms with Crippen molar-refractivity contribution in [3.05, 3.63) is 35.1 Å². The SMILES string of the molecule is CN(CC(C)(CO)CO)C1CCCc2ccc(F)cc21. The molecule has 0 fully saturated rings. The molecule has 0 aliphatic heterocycles. The second kappa shape index (κ2) is 6.20. The Hall–Kier alpha value is -0.970. The molecule has 2 rings (SSSR count). The van der Waals surface area contributed by atoms with Crippen LogP contribution in [0.15, 0.2) is 18.2 Å². The Kier molecular flexibility index (Phi) is 4.78. The molecule has 0 saturated carbocycles. The molecule has 0 amide bonds. The molecule has 0 bridgehead atoms. The van der Waals surface area contributed by atoms with E-state index >= 15 is 0 Å². The van der Waals surface area contributed by atoms with Gasteiger partial charge in [-0.25, -0.2) is 4.39 Å². The van der Waals surface area contributed by atoms with E-state index in [2.05, 4.69) is 4.90 Å². The predicted octanol–water partition coefficient (Wildman–Crippen LogP) is 2.13. The van der Waals surface area contributed by atoms with E-state index in [1.54, 1.807) is 6.07 Å². The second-order valence-electron chi connectivity index (χ2n) is 6.29. The van der Waals surface area contributed by atoms with E-state index in [1.807, 2.05) is 20.0 Å². The number of nitrogens with zero attached hydrogens (tertiary/aromatic N) is 1. The molecule has 0 aromatic heterocycles. The lowest BCUT2D eigenvalue weighted by Crippen LogP contribution is -2.41. The van der Waals surface area contributed by atoms with Gasteiger partial charge in [-0.05, 0) is 49.6 Å². The molecule has 4 heteroatoms. The summed E-state index contributed by atoms with van der Waals surface area (Å²) in [5, 5.41) is 18.9. The van der Waals surface area contributed by atoms with Crippen molar-refractivity contribution in [1.82, 2.24) is 4.90 Å². The van der Waals surface area contributed by atoms with Crippen LogP contribution in [0.25, 0.3) is 0 Å². The zero-order chi connectivity index (χ0) is 14.8.